The van der Waals surface area contributed by atoms with E-state index in [1.807, 2.05) is 54.6 Å². The number of benzene rings is 2. The molecule has 2 N–H and O–H groups in total. The summed E-state index contributed by atoms with van der Waals surface area (Å²) in [6.07, 6.45) is 0.328. The Bertz CT molecular complexity index is 792. The Morgan fingerprint density at radius 2 is 1.64 bits per heavy atom. The highest BCUT2D eigenvalue weighted by atomic mass is 35.5. The average Bonchev–Trinajstić information content (AvgIpc) is 2.73. The molecule has 2 aromatic rings. The third-order valence-corrected chi connectivity index (χ3v) is 4.86. The molecule has 7 heteroatoms. The number of hydrogen-bond donors (Lipinski definition) is 1. The number of methoxy groups -OCH3 is 1. The smallest absolute Gasteiger partial charge is 0.244 e. The van der Waals surface area contributed by atoms with Gasteiger partial charge in [-0.2, -0.15) is 0 Å². The molecule has 0 spiro atoms. The zero-order valence-electron chi connectivity index (χ0n) is 15.9. The molecule has 1 heterocycles. The lowest BCUT2D eigenvalue weighted by molar-refractivity contribution is -0.140. The predicted molar refractivity (Wildman–Crippen MR) is 110 cm³/mol. The first-order valence-corrected chi connectivity index (χ1v) is 9.08. The molecule has 0 bridgehead atoms. The summed E-state index contributed by atoms with van der Waals surface area (Å²) in [7, 11) is 1.61. The fourth-order valence-electron chi connectivity index (χ4n) is 3.24. The summed E-state index contributed by atoms with van der Waals surface area (Å²) < 4.78 is 5.20. The molecule has 6 nitrogen and oxygen atoms in total. The second kappa shape index (κ2) is 10.1. The minimum Gasteiger partial charge on any atom is -0.497 e. The average molecular weight is 404 g/mol. The van der Waals surface area contributed by atoms with Crippen molar-refractivity contribution in [3.63, 3.8) is 0 Å². The molecule has 0 saturated carbocycles. The molecule has 1 saturated heterocycles. The third-order valence-electron chi connectivity index (χ3n) is 4.86. The van der Waals surface area contributed by atoms with E-state index < -0.39 is 6.04 Å². The lowest BCUT2D eigenvalue weighted by Crippen LogP contribution is -2.52. The van der Waals surface area contributed by atoms with Crippen LogP contribution in [-0.2, 0) is 16.0 Å². The number of piperazine rings is 1. The monoisotopic (exact) mass is 403 g/mol. The number of nitrogens with zero attached hydrogens (tertiary/aromatic N) is 2. The van der Waals surface area contributed by atoms with Crippen LogP contribution in [0.4, 0.5) is 0 Å². The van der Waals surface area contributed by atoms with Crippen molar-refractivity contribution in [1.82, 2.24) is 9.80 Å². The molecule has 1 fully saturated rings. The number of amides is 2. The predicted octanol–water partition coefficient (Wildman–Crippen LogP) is 2.03. The third kappa shape index (κ3) is 5.24. The molecule has 150 valence electrons. The van der Waals surface area contributed by atoms with Crippen LogP contribution < -0.4 is 10.5 Å². The number of nitrogens with two attached hydrogens (primary N) is 1. The number of carbonyl (C=O) groups excluding carboxylic acids is 2. The molecule has 3 rings (SSSR count). The number of halogens is 1. The topological polar surface area (TPSA) is 75.9 Å². The van der Waals surface area contributed by atoms with Crippen LogP contribution in [0.2, 0.25) is 0 Å². The van der Waals surface area contributed by atoms with E-state index in [9.17, 15) is 9.59 Å². The Balaban J connectivity index is 0.00000280. The van der Waals surface area contributed by atoms with Crippen LogP contribution in [0, 0.1) is 0 Å². The van der Waals surface area contributed by atoms with E-state index in [2.05, 4.69) is 0 Å². The molecule has 1 atom stereocenters. The van der Waals surface area contributed by atoms with Gasteiger partial charge in [0.05, 0.1) is 13.5 Å². The summed E-state index contributed by atoms with van der Waals surface area (Å²) >= 11 is 0. The van der Waals surface area contributed by atoms with Crippen LogP contribution in [0.15, 0.2) is 54.6 Å². The lowest BCUT2D eigenvalue weighted by atomic mass is 10.1. The lowest BCUT2D eigenvalue weighted by Gasteiger charge is -2.36. The van der Waals surface area contributed by atoms with Crippen LogP contribution >= 0.6 is 12.4 Å². The Kier molecular flexibility index (Phi) is 7.84. The van der Waals surface area contributed by atoms with Crippen molar-refractivity contribution in [2.24, 2.45) is 5.73 Å². The van der Waals surface area contributed by atoms with Crippen molar-refractivity contribution in [2.75, 3.05) is 33.3 Å². The summed E-state index contributed by atoms with van der Waals surface area (Å²) in [5, 5.41) is 0. The van der Waals surface area contributed by atoms with Crippen molar-refractivity contribution in [3.05, 3.63) is 65.7 Å². The number of rotatable bonds is 5. The van der Waals surface area contributed by atoms with E-state index in [4.69, 9.17) is 10.5 Å². The van der Waals surface area contributed by atoms with Gasteiger partial charge in [-0.15, -0.1) is 12.4 Å². The Morgan fingerprint density at radius 1 is 1.00 bits per heavy atom. The number of hydrogen-bond acceptors (Lipinski definition) is 4. The highest BCUT2D eigenvalue weighted by molar-refractivity contribution is 5.85. The van der Waals surface area contributed by atoms with Crippen molar-refractivity contribution in [3.8, 4) is 5.75 Å². The standard InChI is InChI=1S/C21H25N3O3.ClH/c1-27-18-9-5-6-16(14-18)15-19(25)23-10-12-24(13-11-23)21(26)20(22)17-7-3-2-4-8-17;/h2-9,14,20H,10-13,15,22H2,1H3;1H. The van der Waals surface area contributed by atoms with Crippen molar-refractivity contribution in [2.45, 2.75) is 12.5 Å². The number of ether oxygens (including phenoxy) is 1. The summed E-state index contributed by atoms with van der Waals surface area (Å²) in [5.41, 5.74) is 7.83. The summed E-state index contributed by atoms with van der Waals surface area (Å²) in [5.74, 6) is 0.703. The molecule has 0 aromatic heterocycles. The molecular formula is C21H26ClN3O3. The maximum absolute atomic E-state index is 12.6. The molecule has 1 unspecified atom stereocenters. The van der Waals surface area contributed by atoms with Crippen LogP contribution in [0.25, 0.3) is 0 Å². The maximum atomic E-state index is 12.6. The summed E-state index contributed by atoms with van der Waals surface area (Å²) in [6, 6.07) is 16.2. The first kappa shape index (κ1) is 21.7. The normalized spacial score (nSPS) is 14.8. The molecular weight excluding hydrogens is 378 g/mol. The van der Waals surface area contributed by atoms with Gasteiger partial charge >= 0.3 is 0 Å². The zero-order valence-corrected chi connectivity index (χ0v) is 16.7. The minimum absolute atomic E-state index is 0. The van der Waals surface area contributed by atoms with Gasteiger partial charge in [0.1, 0.15) is 11.8 Å². The number of carbonyl (C=O) groups is 2. The van der Waals surface area contributed by atoms with Crippen LogP contribution in [0.3, 0.4) is 0 Å². The van der Waals surface area contributed by atoms with Gasteiger partial charge in [-0.05, 0) is 23.3 Å². The molecule has 1 aliphatic rings. The SMILES string of the molecule is COc1cccc(CC(=O)N2CCN(C(=O)C(N)c3ccccc3)CC2)c1.Cl. The maximum Gasteiger partial charge on any atom is 0.244 e. The molecule has 28 heavy (non-hydrogen) atoms. The molecule has 2 amide bonds. The van der Waals surface area contributed by atoms with E-state index in [0.717, 1.165) is 16.9 Å². The van der Waals surface area contributed by atoms with Crippen LogP contribution in [0.5, 0.6) is 5.75 Å². The van der Waals surface area contributed by atoms with Crippen molar-refractivity contribution in [1.29, 1.82) is 0 Å². The van der Waals surface area contributed by atoms with Crippen molar-refractivity contribution < 1.29 is 14.3 Å². The van der Waals surface area contributed by atoms with Gasteiger partial charge in [-0.3, -0.25) is 9.59 Å². The Hall–Kier alpha value is -2.57. The molecule has 0 radical (unpaired) electrons. The largest absolute Gasteiger partial charge is 0.497 e. The highest BCUT2D eigenvalue weighted by Gasteiger charge is 2.27. The van der Waals surface area contributed by atoms with E-state index in [1.54, 1.807) is 16.9 Å². The summed E-state index contributed by atoms with van der Waals surface area (Å²) in [4.78, 5) is 28.7. The molecule has 2 aromatic carbocycles. The van der Waals surface area contributed by atoms with Gasteiger partial charge in [-0.1, -0.05) is 42.5 Å². The van der Waals surface area contributed by atoms with Gasteiger partial charge in [0.15, 0.2) is 0 Å². The fourth-order valence-corrected chi connectivity index (χ4v) is 3.24. The van der Waals surface area contributed by atoms with Gasteiger partial charge in [-0.25, -0.2) is 0 Å². The highest BCUT2D eigenvalue weighted by Crippen LogP contribution is 2.16. The second-order valence-corrected chi connectivity index (χ2v) is 6.62. The zero-order chi connectivity index (χ0) is 19.2. The first-order chi connectivity index (χ1) is 13.1. The van der Waals surface area contributed by atoms with Crippen LogP contribution in [-0.4, -0.2) is 54.9 Å². The van der Waals surface area contributed by atoms with E-state index in [1.165, 1.54) is 0 Å². The van der Waals surface area contributed by atoms with Gasteiger partial charge in [0.2, 0.25) is 11.8 Å². The van der Waals surface area contributed by atoms with Gasteiger partial charge in [0, 0.05) is 26.2 Å². The van der Waals surface area contributed by atoms with E-state index >= 15 is 0 Å². The van der Waals surface area contributed by atoms with E-state index in [-0.39, 0.29) is 24.2 Å². The second-order valence-electron chi connectivity index (χ2n) is 6.62. The van der Waals surface area contributed by atoms with E-state index in [0.29, 0.717) is 32.6 Å². The Labute approximate surface area is 171 Å². The Morgan fingerprint density at radius 3 is 2.29 bits per heavy atom. The quantitative estimate of drug-likeness (QED) is 0.828. The minimum atomic E-state index is -0.662. The first-order valence-electron chi connectivity index (χ1n) is 9.08. The molecule has 1 aliphatic heterocycles. The van der Waals surface area contributed by atoms with Crippen LogP contribution in [0.1, 0.15) is 17.2 Å². The van der Waals surface area contributed by atoms with Gasteiger partial charge in [0.25, 0.3) is 0 Å². The summed E-state index contributed by atoms with van der Waals surface area (Å²) in [6.45, 7) is 2.05. The molecule has 0 aliphatic carbocycles. The van der Waals surface area contributed by atoms with Crippen molar-refractivity contribution >= 4 is 24.2 Å². The van der Waals surface area contributed by atoms with Gasteiger partial charge < -0.3 is 20.3 Å². The fraction of sp³-hybridized carbons (Fsp3) is 0.333.